The topological polar surface area (TPSA) is 85.1 Å². The summed E-state index contributed by atoms with van der Waals surface area (Å²) in [4.78, 5) is 3.85. The van der Waals surface area contributed by atoms with Crippen LogP contribution in [0.1, 0.15) is 46.5 Å². The maximum atomic E-state index is 12.2. The summed E-state index contributed by atoms with van der Waals surface area (Å²) < 4.78 is 27.0. The summed E-state index contributed by atoms with van der Waals surface area (Å²) in [6, 6.07) is 3.03. The van der Waals surface area contributed by atoms with Gasteiger partial charge in [-0.2, -0.15) is 0 Å². The summed E-state index contributed by atoms with van der Waals surface area (Å²) in [5.41, 5.74) is 5.54. The molecule has 1 aromatic heterocycles. The smallest absolute Gasteiger partial charge is 0.244 e. The van der Waals surface area contributed by atoms with E-state index in [1.165, 1.54) is 18.7 Å². The Labute approximate surface area is 122 Å². The lowest BCUT2D eigenvalue weighted by atomic mass is 9.87. The van der Waals surface area contributed by atoms with Crippen molar-refractivity contribution in [1.29, 1.82) is 0 Å². The first kappa shape index (κ1) is 16.9. The van der Waals surface area contributed by atoms with E-state index in [-0.39, 0.29) is 16.1 Å². The number of pyridine rings is 1. The van der Waals surface area contributed by atoms with Crippen LogP contribution in [0.4, 0.5) is 5.82 Å². The van der Waals surface area contributed by atoms with Crippen molar-refractivity contribution in [3.63, 3.8) is 0 Å². The zero-order chi connectivity index (χ0) is 15.2. The molecular formula is C14H25N3O2S. The number of sulfonamides is 1. The molecule has 0 saturated heterocycles. The summed E-state index contributed by atoms with van der Waals surface area (Å²) in [5.74, 6) is 0.0313. The first-order chi connectivity index (χ1) is 9.28. The van der Waals surface area contributed by atoms with Gasteiger partial charge in [0.1, 0.15) is 10.7 Å². The average Bonchev–Trinajstić information content (AvgIpc) is 2.37. The van der Waals surface area contributed by atoms with Crippen molar-refractivity contribution in [2.75, 3.05) is 12.3 Å². The molecule has 20 heavy (non-hydrogen) atoms. The van der Waals surface area contributed by atoms with Gasteiger partial charge in [0, 0.05) is 12.7 Å². The second-order valence-electron chi connectivity index (χ2n) is 5.83. The molecule has 6 heteroatoms. The first-order valence-electron chi connectivity index (χ1n) is 6.99. The molecule has 114 valence electrons. The Hall–Kier alpha value is -1.14. The predicted octanol–water partition coefficient (Wildman–Crippen LogP) is 2.55. The normalized spacial score (nSPS) is 12.6. The molecule has 0 saturated carbocycles. The van der Waals surface area contributed by atoms with Crippen LogP contribution in [0.25, 0.3) is 0 Å². The fourth-order valence-electron chi connectivity index (χ4n) is 1.94. The molecule has 0 spiro atoms. The van der Waals surface area contributed by atoms with Crippen molar-refractivity contribution in [3.05, 3.63) is 18.3 Å². The van der Waals surface area contributed by atoms with Gasteiger partial charge in [0.25, 0.3) is 0 Å². The van der Waals surface area contributed by atoms with Crippen molar-refractivity contribution in [2.24, 2.45) is 5.41 Å². The third-order valence-corrected chi connectivity index (χ3v) is 4.74. The Morgan fingerprint density at radius 2 is 2.05 bits per heavy atom. The van der Waals surface area contributed by atoms with Crippen LogP contribution in [-0.2, 0) is 10.0 Å². The summed E-state index contributed by atoms with van der Waals surface area (Å²) in [6.45, 7) is 6.68. The van der Waals surface area contributed by atoms with E-state index in [0.717, 1.165) is 19.3 Å². The van der Waals surface area contributed by atoms with Crippen LogP contribution in [0, 0.1) is 5.41 Å². The van der Waals surface area contributed by atoms with E-state index in [4.69, 9.17) is 5.73 Å². The Kier molecular flexibility index (Phi) is 5.95. The molecule has 1 rings (SSSR count). The Balaban J connectivity index is 2.66. The molecule has 1 heterocycles. The van der Waals surface area contributed by atoms with Gasteiger partial charge in [0.05, 0.1) is 0 Å². The standard InChI is InChI=1S/C14H25N3O2S/c1-4-5-6-9-14(2,3)11-17-20(18,19)12-8-7-10-16-13(12)15/h7-8,10,17H,4-6,9,11H2,1-3H3,(H2,15,16). The largest absolute Gasteiger partial charge is 0.383 e. The van der Waals surface area contributed by atoms with E-state index in [2.05, 4.69) is 30.5 Å². The molecule has 0 aromatic carbocycles. The number of nitrogens with zero attached hydrogens (tertiary/aromatic N) is 1. The van der Waals surface area contributed by atoms with Gasteiger partial charge in [-0.25, -0.2) is 18.1 Å². The summed E-state index contributed by atoms with van der Waals surface area (Å²) in [5, 5.41) is 0. The summed E-state index contributed by atoms with van der Waals surface area (Å²) in [6.07, 6.45) is 5.91. The maximum Gasteiger partial charge on any atom is 0.244 e. The van der Waals surface area contributed by atoms with Gasteiger partial charge in [0.15, 0.2) is 0 Å². The molecule has 0 bridgehead atoms. The minimum Gasteiger partial charge on any atom is -0.383 e. The van der Waals surface area contributed by atoms with Crippen LogP contribution in [0.2, 0.25) is 0 Å². The first-order valence-corrected chi connectivity index (χ1v) is 8.47. The van der Waals surface area contributed by atoms with Gasteiger partial charge >= 0.3 is 0 Å². The van der Waals surface area contributed by atoms with Gasteiger partial charge in [-0.05, 0) is 24.0 Å². The molecule has 0 unspecified atom stereocenters. The lowest BCUT2D eigenvalue weighted by Crippen LogP contribution is -2.34. The van der Waals surface area contributed by atoms with Crippen molar-refractivity contribution in [1.82, 2.24) is 9.71 Å². The lowest BCUT2D eigenvalue weighted by Gasteiger charge is -2.25. The molecule has 0 radical (unpaired) electrons. The third kappa shape index (κ3) is 5.09. The SMILES string of the molecule is CCCCCC(C)(C)CNS(=O)(=O)c1cccnc1N. The number of rotatable bonds is 8. The van der Waals surface area contributed by atoms with Gasteiger partial charge in [-0.15, -0.1) is 0 Å². The molecule has 1 aromatic rings. The Morgan fingerprint density at radius 1 is 1.35 bits per heavy atom. The highest BCUT2D eigenvalue weighted by molar-refractivity contribution is 7.89. The van der Waals surface area contributed by atoms with E-state index in [1.807, 2.05) is 0 Å². The second-order valence-corrected chi connectivity index (χ2v) is 7.57. The number of unbranched alkanes of at least 4 members (excludes halogenated alkanes) is 2. The Bertz CT molecular complexity index is 527. The van der Waals surface area contributed by atoms with Crippen LogP contribution in [0.15, 0.2) is 23.2 Å². The van der Waals surface area contributed by atoms with Gasteiger partial charge in [-0.1, -0.05) is 40.0 Å². The fraction of sp³-hybridized carbons (Fsp3) is 0.643. The van der Waals surface area contributed by atoms with Crippen molar-refractivity contribution in [3.8, 4) is 0 Å². The minimum atomic E-state index is -3.59. The van der Waals surface area contributed by atoms with Crippen molar-refractivity contribution < 1.29 is 8.42 Å². The number of aromatic nitrogens is 1. The van der Waals surface area contributed by atoms with Crippen LogP contribution in [0.3, 0.4) is 0 Å². The number of nitrogens with two attached hydrogens (primary N) is 1. The fourth-order valence-corrected chi connectivity index (χ4v) is 3.26. The van der Waals surface area contributed by atoms with Crippen LogP contribution >= 0.6 is 0 Å². The molecule has 0 aliphatic heterocycles. The van der Waals surface area contributed by atoms with E-state index in [0.29, 0.717) is 6.54 Å². The number of anilines is 1. The highest BCUT2D eigenvalue weighted by atomic mass is 32.2. The summed E-state index contributed by atoms with van der Waals surface area (Å²) in [7, 11) is -3.59. The molecule has 5 nitrogen and oxygen atoms in total. The summed E-state index contributed by atoms with van der Waals surface area (Å²) >= 11 is 0. The molecule has 0 amide bonds. The van der Waals surface area contributed by atoms with E-state index >= 15 is 0 Å². The monoisotopic (exact) mass is 299 g/mol. The molecule has 0 aliphatic rings. The highest BCUT2D eigenvalue weighted by Gasteiger charge is 2.23. The zero-order valence-electron chi connectivity index (χ0n) is 12.5. The van der Waals surface area contributed by atoms with Crippen LogP contribution < -0.4 is 10.5 Å². The number of hydrogen-bond donors (Lipinski definition) is 2. The van der Waals surface area contributed by atoms with E-state index in [1.54, 1.807) is 6.07 Å². The average molecular weight is 299 g/mol. The van der Waals surface area contributed by atoms with Crippen molar-refractivity contribution >= 4 is 15.8 Å². The van der Waals surface area contributed by atoms with Gasteiger partial charge in [0.2, 0.25) is 10.0 Å². The van der Waals surface area contributed by atoms with Crippen LogP contribution in [-0.4, -0.2) is 19.9 Å². The number of nitrogens with one attached hydrogen (secondary N) is 1. The Morgan fingerprint density at radius 3 is 2.65 bits per heavy atom. The van der Waals surface area contributed by atoms with E-state index < -0.39 is 10.0 Å². The zero-order valence-corrected chi connectivity index (χ0v) is 13.3. The maximum absolute atomic E-state index is 12.2. The quantitative estimate of drug-likeness (QED) is 0.722. The van der Waals surface area contributed by atoms with E-state index in [9.17, 15) is 8.42 Å². The minimum absolute atomic E-state index is 0.0313. The van der Waals surface area contributed by atoms with Crippen LogP contribution in [0.5, 0.6) is 0 Å². The van der Waals surface area contributed by atoms with Crippen molar-refractivity contribution in [2.45, 2.75) is 51.3 Å². The molecule has 0 atom stereocenters. The molecule has 0 aliphatic carbocycles. The number of nitrogen functional groups attached to an aromatic ring is 1. The predicted molar refractivity (Wildman–Crippen MR) is 81.8 cm³/mol. The molecular weight excluding hydrogens is 274 g/mol. The second kappa shape index (κ2) is 7.04. The highest BCUT2D eigenvalue weighted by Crippen LogP contribution is 2.24. The third-order valence-electron chi connectivity index (χ3n) is 3.29. The van der Waals surface area contributed by atoms with Gasteiger partial charge < -0.3 is 5.73 Å². The number of hydrogen-bond acceptors (Lipinski definition) is 4. The molecule has 0 fully saturated rings. The lowest BCUT2D eigenvalue weighted by molar-refractivity contribution is 0.320. The molecule has 3 N–H and O–H groups in total. The van der Waals surface area contributed by atoms with Gasteiger partial charge in [-0.3, -0.25) is 0 Å².